The number of hydrogen-bond donors (Lipinski definition) is 0. The lowest BCUT2D eigenvalue weighted by Gasteiger charge is -2.34. The molecule has 0 aromatic heterocycles. The van der Waals surface area contributed by atoms with Crippen LogP contribution in [0.2, 0.25) is 0 Å². The molecule has 0 saturated carbocycles. The summed E-state index contributed by atoms with van der Waals surface area (Å²) < 4.78 is 18.5. The number of anilines is 1. The van der Waals surface area contributed by atoms with Gasteiger partial charge in [0, 0.05) is 31.2 Å². The van der Waals surface area contributed by atoms with Crippen LogP contribution in [0.3, 0.4) is 0 Å². The highest BCUT2D eigenvalue weighted by Crippen LogP contribution is 2.27. The second-order valence-corrected chi connectivity index (χ2v) is 4.89. The predicted molar refractivity (Wildman–Crippen MR) is 71.3 cm³/mol. The maximum Gasteiger partial charge on any atom is 0.123 e. The van der Waals surface area contributed by atoms with Crippen molar-refractivity contribution in [2.75, 3.05) is 25.1 Å². The van der Waals surface area contributed by atoms with E-state index in [-0.39, 0.29) is 5.82 Å². The number of rotatable bonds is 3. The molecule has 1 aromatic carbocycles. The first-order valence-corrected chi connectivity index (χ1v) is 6.99. The minimum atomic E-state index is -0.171. The van der Waals surface area contributed by atoms with Crippen molar-refractivity contribution in [2.24, 2.45) is 0 Å². The van der Waals surface area contributed by atoms with Crippen LogP contribution in [0.25, 0.3) is 0 Å². The van der Waals surface area contributed by atoms with Crippen LogP contribution in [0.1, 0.15) is 18.4 Å². The van der Waals surface area contributed by atoms with E-state index in [1.807, 2.05) is 6.07 Å². The smallest absolute Gasteiger partial charge is 0.123 e. The number of ether oxygens (including phenoxy) is 1. The summed E-state index contributed by atoms with van der Waals surface area (Å²) in [4.78, 5) is 2.31. The molecule has 2 nitrogen and oxygen atoms in total. The number of hydrogen-bond acceptors (Lipinski definition) is 2. The number of halogens is 2. The number of alkyl halides is 1. The molecule has 1 aliphatic heterocycles. The van der Waals surface area contributed by atoms with Crippen LogP contribution >= 0.6 is 15.9 Å². The van der Waals surface area contributed by atoms with Gasteiger partial charge >= 0.3 is 0 Å². The number of methoxy groups -OCH3 is 1. The first-order valence-electron chi connectivity index (χ1n) is 5.86. The SMILES string of the molecule is COC1CCN(c2ccc(F)cc2CBr)CC1. The van der Waals surface area contributed by atoms with E-state index in [4.69, 9.17) is 4.74 Å². The standard InChI is InChI=1S/C13H17BrFNO/c1-17-12-4-6-16(7-5-12)13-3-2-11(15)8-10(13)9-14/h2-3,8,12H,4-7,9H2,1H3. The zero-order valence-corrected chi connectivity index (χ0v) is 11.5. The summed E-state index contributed by atoms with van der Waals surface area (Å²) in [6.07, 6.45) is 2.45. The van der Waals surface area contributed by atoms with E-state index in [0.717, 1.165) is 37.2 Å². The fourth-order valence-corrected chi connectivity index (χ4v) is 2.75. The Morgan fingerprint density at radius 3 is 2.71 bits per heavy atom. The lowest BCUT2D eigenvalue weighted by molar-refractivity contribution is 0.0819. The quantitative estimate of drug-likeness (QED) is 0.794. The summed E-state index contributed by atoms with van der Waals surface area (Å²) in [6.45, 7) is 1.95. The van der Waals surface area contributed by atoms with Crippen molar-refractivity contribution >= 4 is 21.6 Å². The third-order valence-corrected chi connectivity index (χ3v) is 3.91. The van der Waals surface area contributed by atoms with Gasteiger partial charge in [0.2, 0.25) is 0 Å². The van der Waals surface area contributed by atoms with E-state index >= 15 is 0 Å². The Morgan fingerprint density at radius 2 is 2.12 bits per heavy atom. The van der Waals surface area contributed by atoms with Gasteiger partial charge in [0.15, 0.2) is 0 Å². The molecule has 0 aliphatic carbocycles. The van der Waals surface area contributed by atoms with Gasteiger partial charge in [-0.3, -0.25) is 0 Å². The van der Waals surface area contributed by atoms with Crippen LogP contribution < -0.4 is 4.90 Å². The van der Waals surface area contributed by atoms with Crippen LogP contribution in [-0.2, 0) is 10.1 Å². The van der Waals surface area contributed by atoms with Gasteiger partial charge in [-0.1, -0.05) is 15.9 Å². The first kappa shape index (κ1) is 12.8. The molecule has 1 saturated heterocycles. The van der Waals surface area contributed by atoms with Crippen molar-refractivity contribution in [1.82, 2.24) is 0 Å². The third-order valence-electron chi connectivity index (χ3n) is 3.30. The normalized spacial score (nSPS) is 17.5. The van der Waals surface area contributed by atoms with Crippen LogP contribution in [0, 0.1) is 5.82 Å². The highest BCUT2D eigenvalue weighted by Gasteiger charge is 2.20. The Hall–Kier alpha value is -0.610. The number of nitrogens with zero attached hydrogens (tertiary/aromatic N) is 1. The minimum Gasteiger partial charge on any atom is -0.381 e. The van der Waals surface area contributed by atoms with Crippen molar-refractivity contribution < 1.29 is 9.13 Å². The number of piperidine rings is 1. The lowest BCUT2D eigenvalue weighted by atomic mass is 10.1. The van der Waals surface area contributed by atoms with Crippen molar-refractivity contribution in [3.63, 3.8) is 0 Å². The van der Waals surface area contributed by atoms with Crippen molar-refractivity contribution in [1.29, 1.82) is 0 Å². The molecule has 0 amide bonds. The Bertz CT molecular complexity index is 378. The van der Waals surface area contributed by atoms with E-state index in [0.29, 0.717) is 11.4 Å². The maximum atomic E-state index is 13.2. The van der Waals surface area contributed by atoms with Crippen molar-refractivity contribution in [2.45, 2.75) is 24.3 Å². The fourth-order valence-electron chi connectivity index (χ4n) is 2.30. The van der Waals surface area contributed by atoms with Gasteiger partial charge in [-0.05, 0) is 36.6 Å². The molecule has 2 rings (SSSR count). The monoisotopic (exact) mass is 301 g/mol. The summed E-state index contributed by atoms with van der Waals surface area (Å²) in [7, 11) is 1.77. The van der Waals surface area contributed by atoms with Gasteiger partial charge in [-0.15, -0.1) is 0 Å². The lowest BCUT2D eigenvalue weighted by Crippen LogP contribution is -2.37. The average molecular weight is 302 g/mol. The molecule has 0 unspecified atom stereocenters. The third kappa shape index (κ3) is 2.99. The van der Waals surface area contributed by atoms with Crippen LogP contribution in [-0.4, -0.2) is 26.3 Å². The second-order valence-electron chi connectivity index (χ2n) is 4.33. The molecule has 17 heavy (non-hydrogen) atoms. The van der Waals surface area contributed by atoms with Gasteiger partial charge in [-0.2, -0.15) is 0 Å². The zero-order chi connectivity index (χ0) is 12.3. The van der Waals surface area contributed by atoms with E-state index in [1.165, 1.54) is 6.07 Å². The molecule has 1 aliphatic rings. The highest BCUT2D eigenvalue weighted by molar-refractivity contribution is 9.08. The molecular formula is C13H17BrFNO. The Balaban J connectivity index is 2.12. The highest BCUT2D eigenvalue weighted by atomic mass is 79.9. The summed E-state index contributed by atoms with van der Waals surface area (Å²) in [6, 6.07) is 5.01. The van der Waals surface area contributed by atoms with Gasteiger partial charge in [0.1, 0.15) is 5.82 Å². The average Bonchev–Trinajstić information content (AvgIpc) is 2.39. The van der Waals surface area contributed by atoms with Crippen LogP contribution in [0.5, 0.6) is 0 Å². The Morgan fingerprint density at radius 1 is 1.41 bits per heavy atom. The molecule has 0 radical (unpaired) electrons. The largest absolute Gasteiger partial charge is 0.381 e. The summed E-state index contributed by atoms with van der Waals surface area (Å²) >= 11 is 3.42. The van der Waals surface area contributed by atoms with E-state index in [2.05, 4.69) is 20.8 Å². The van der Waals surface area contributed by atoms with Crippen LogP contribution in [0.15, 0.2) is 18.2 Å². The minimum absolute atomic E-state index is 0.171. The predicted octanol–water partition coefficient (Wildman–Crippen LogP) is 3.34. The first-order chi connectivity index (χ1) is 8.24. The fraction of sp³-hybridized carbons (Fsp3) is 0.538. The summed E-state index contributed by atoms with van der Waals surface area (Å²) in [5.41, 5.74) is 2.15. The molecule has 0 N–H and O–H groups in total. The molecule has 1 fully saturated rings. The van der Waals surface area contributed by atoms with Crippen molar-refractivity contribution in [3.8, 4) is 0 Å². The Kier molecular flexibility index (Phi) is 4.40. The molecular weight excluding hydrogens is 285 g/mol. The molecule has 4 heteroatoms. The number of benzene rings is 1. The maximum absolute atomic E-state index is 13.2. The molecule has 0 atom stereocenters. The second kappa shape index (κ2) is 5.83. The van der Waals surface area contributed by atoms with Crippen molar-refractivity contribution in [3.05, 3.63) is 29.6 Å². The molecule has 0 spiro atoms. The Labute approximate surface area is 110 Å². The molecule has 0 bridgehead atoms. The van der Waals surface area contributed by atoms with Gasteiger partial charge in [0.05, 0.1) is 6.10 Å². The van der Waals surface area contributed by atoms with E-state index < -0.39 is 0 Å². The van der Waals surface area contributed by atoms with E-state index in [9.17, 15) is 4.39 Å². The van der Waals surface area contributed by atoms with E-state index in [1.54, 1.807) is 13.2 Å². The summed E-state index contributed by atoms with van der Waals surface area (Å²) in [5.74, 6) is -0.171. The van der Waals surface area contributed by atoms with Gasteiger partial charge in [0.25, 0.3) is 0 Å². The topological polar surface area (TPSA) is 12.5 Å². The molecule has 1 aromatic rings. The van der Waals surface area contributed by atoms with Gasteiger partial charge < -0.3 is 9.64 Å². The van der Waals surface area contributed by atoms with Crippen LogP contribution in [0.4, 0.5) is 10.1 Å². The summed E-state index contributed by atoms with van der Waals surface area (Å²) in [5, 5.41) is 0.685. The zero-order valence-electron chi connectivity index (χ0n) is 9.96. The molecule has 1 heterocycles. The molecule has 94 valence electrons. The van der Waals surface area contributed by atoms with Gasteiger partial charge in [-0.25, -0.2) is 4.39 Å².